The molecule has 0 N–H and O–H groups in total. The molecule has 23 heavy (non-hydrogen) atoms. The molecule has 0 spiro atoms. The average molecular weight is 313 g/mol. The quantitative estimate of drug-likeness (QED) is 0.822. The zero-order valence-electron chi connectivity index (χ0n) is 12.9. The van der Waals surface area contributed by atoms with Gasteiger partial charge in [-0.2, -0.15) is 0 Å². The molecule has 0 aromatic heterocycles. The monoisotopic (exact) mass is 313 g/mol. The van der Waals surface area contributed by atoms with E-state index in [1.54, 1.807) is 12.0 Å². The number of amides is 1. The topological polar surface area (TPSA) is 48.0 Å². The summed E-state index contributed by atoms with van der Waals surface area (Å²) in [5.74, 6) is 0.760. The lowest BCUT2D eigenvalue weighted by Gasteiger charge is -2.24. The Kier molecular flexibility index (Phi) is 4.78. The smallest absolute Gasteiger partial charge is 0.415 e. The van der Waals surface area contributed by atoms with Crippen LogP contribution in [0.2, 0.25) is 0 Å². The van der Waals surface area contributed by atoms with Gasteiger partial charge in [0, 0.05) is 12.8 Å². The van der Waals surface area contributed by atoms with Gasteiger partial charge < -0.3 is 14.2 Å². The van der Waals surface area contributed by atoms with Gasteiger partial charge in [-0.15, -0.1) is 0 Å². The number of hydrogen-bond acceptors (Lipinski definition) is 4. The standard InChI is InChI=1S/C18H19NO4/c1-21-13-17-16(12-22-15-10-6-3-7-11-15)19(18(20)23-17)14-8-4-2-5-9-14/h2-11,16-17H,12-13H2,1H3. The summed E-state index contributed by atoms with van der Waals surface area (Å²) >= 11 is 0. The predicted molar refractivity (Wildman–Crippen MR) is 86.8 cm³/mol. The third-order valence-corrected chi connectivity index (χ3v) is 3.74. The van der Waals surface area contributed by atoms with E-state index in [0.29, 0.717) is 13.2 Å². The zero-order valence-corrected chi connectivity index (χ0v) is 12.9. The lowest BCUT2D eigenvalue weighted by Crippen LogP contribution is -2.42. The fourth-order valence-corrected chi connectivity index (χ4v) is 2.64. The zero-order chi connectivity index (χ0) is 16.1. The van der Waals surface area contributed by atoms with Crippen LogP contribution >= 0.6 is 0 Å². The van der Waals surface area contributed by atoms with E-state index < -0.39 is 0 Å². The van der Waals surface area contributed by atoms with Crippen LogP contribution in [-0.4, -0.2) is 38.6 Å². The number of anilines is 1. The first kappa shape index (κ1) is 15.4. The van der Waals surface area contributed by atoms with Crippen LogP contribution in [0.5, 0.6) is 5.75 Å². The molecule has 2 aromatic rings. The normalized spacial score (nSPS) is 20.4. The van der Waals surface area contributed by atoms with Gasteiger partial charge in [-0.05, 0) is 24.3 Å². The third-order valence-electron chi connectivity index (χ3n) is 3.74. The maximum absolute atomic E-state index is 12.3. The van der Waals surface area contributed by atoms with Crippen molar-refractivity contribution in [3.63, 3.8) is 0 Å². The largest absolute Gasteiger partial charge is 0.491 e. The minimum atomic E-state index is -0.375. The lowest BCUT2D eigenvalue weighted by atomic mass is 10.1. The fraction of sp³-hybridized carbons (Fsp3) is 0.278. The van der Waals surface area contributed by atoms with Gasteiger partial charge in [0.15, 0.2) is 6.10 Å². The van der Waals surface area contributed by atoms with Crippen LogP contribution in [0.3, 0.4) is 0 Å². The highest BCUT2D eigenvalue weighted by molar-refractivity contribution is 5.90. The number of para-hydroxylation sites is 2. The number of cyclic esters (lactones) is 1. The molecule has 120 valence electrons. The molecule has 5 nitrogen and oxygen atoms in total. The van der Waals surface area contributed by atoms with Crippen molar-refractivity contribution in [2.75, 3.05) is 25.2 Å². The van der Waals surface area contributed by atoms with Crippen LogP contribution in [0.15, 0.2) is 60.7 Å². The predicted octanol–water partition coefficient (Wildman–Crippen LogP) is 3.11. The van der Waals surface area contributed by atoms with Crippen molar-refractivity contribution < 1.29 is 19.0 Å². The van der Waals surface area contributed by atoms with E-state index in [1.807, 2.05) is 60.7 Å². The number of hydrogen-bond donors (Lipinski definition) is 0. The molecule has 1 aliphatic rings. The molecule has 1 fully saturated rings. The third kappa shape index (κ3) is 3.46. The Balaban J connectivity index is 1.80. The Labute approximate surface area is 135 Å². The number of carbonyl (C=O) groups is 1. The number of rotatable bonds is 6. The van der Waals surface area contributed by atoms with Crippen molar-refractivity contribution in [2.45, 2.75) is 12.1 Å². The van der Waals surface area contributed by atoms with E-state index >= 15 is 0 Å². The Hall–Kier alpha value is -2.53. The van der Waals surface area contributed by atoms with Crippen LogP contribution < -0.4 is 9.64 Å². The van der Waals surface area contributed by atoms with Gasteiger partial charge in [0.05, 0.1) is 6.61 Å². The van der Waals surface area contributed by atoms with Crippen LogP contribution in [0, 0.1) is 0 Å². The van der Waals surface area contributed by atoms with E-state index in [4.69, 9.17) is 14.2 Å². The molecule has 2 aromatic carbocycles. The minimum Gasteiger partial charge on any atom is -0.491 e. The summed E-state index contributed by atoms with van der Waals surface area (Å²) in [6.45, 7) is 0.663. The summed E-state index contributed by atoms with van der Waals surface area (Å²) < 4.78 is 16.5. The molecule has 1 saturated heterocycles. The van der Waals surface area contributed by atoms with Crippen molar-refractivity contribution in [1.29, 1.82) is 0 Å². The summed E-state index contributed by atoms with van der Waals surface area (Å²) in [6, 6.07) is 18.7. The number of carbonyl (C=O) groups excluding carboxylic acids is 1. The molecule has 5 heteroatoms. The SMILES string of the molecule is COCC1OC(=O)N(c2ccccc2)C1COc1ccccc1. The fourth-order valence-electron chi connectivity index (χ4n) is 2.64. The average Bonchev–Trinajstić information content (AvgIpc) is 2.90. The summed E-state index contributed by atoms with van der Waals surface area (Å²) in [5.41, 5.74) is 0.790. The van der Waals surface area contributed by atoms with Gasteiger partial charge >= 0.3 is 6.09 Å². The van der Waals surface area contributed by atoms with Gasteiger partial charge in [-0.1, -0.05) is 36.4 Å². The van der Waals surface area contributed by atoms with Crippen molar-refractivity contribution in [1.82, 2.24) is 0 Å². The molecule has 1 aliphatic heterocycles. The highest BCUT2D eigenvalue weighted by atomic mass is 16.6. The van der Waals surface area contributed by atoms with E-state index in [2.05, 4.69) is 0 Å². The van der Waals surface area contributed by atoms with Crippen molar-refractivity contribution in [2.24, 2.45) is 0 Å². The van der Waals surface area contributed by atoms with Crippen molar-refractivity contribution >= 4 is 11.8 Å². The molecule has 1 heterocycles. The van der Waals surface area contributed by atoms with Gasteiger partial charge in [-0.3, -0.25) is 4.90 Å². The Bertz CT molecular complexity index is 632. The summed E-state index contributed by atoms with van der Waals surface area (Å²) in [4.78, 5) is 13.9. The molecule has 2 unspecified atom stereocenters. The summed E-state index contributed by atoms with van der Waals surface area (Å²) in [6.07, 6.45) is -0.740. The second-order valence-corrected chi connectivity index (χ2v) is 5.27. The number of benzene rings is 2. The molecule has 0 aliphatic carbocycles. The van der Waals surface area contributed by atoms with E-state index in [0.717, 1.165) is 11.4 Å². The molecule has 0 saturated carbocycles. The van der Waals surface area contributed by atoms with E-state index in [1.165, 1.54) is 0 Å². The first-order chi connectivity index (χ1) is 11.3. The maximum atomic E-state index is 12.3. The van der Waals surface area contributed by atoms with Crippen molar-refractivity contribution in [3.05, 3.63) is 60.7 Å². The van der Waals surface area contributed by atoms with Gasteiger partial charge in [0.1, 0.15) is 18.4 Å². The van der Waals surface area contributed by atoms with Gasteiger partial charge in [0.25, 0.3) is 0 Å². The molecule has 0 bridgehead atoms. The van der Waals surface area contributed by atoms with Crippen molar-refractivity contribution in [3.8, 4) is 5.75 Å². The first-order valence-electron chi connectivity index (χ1n) is 7.51. The Morgan fingerprint density at radius 3 is 2.30 bits per heavy atom. The van der Waals surface area contributed by atoms with Gasteiger partial charge in [-0.25, -0.2) is 4.79 Å². The Morgan fingerprint density at radius 2 is 1.65 bits per heavy atom. The van der Waals surface area contributed by atoms with E-state index in [-0.39, 0.29) is 18.2 Å². The number of nitrogens with zero attached hydrogens (tertiary/aromatic N) is 1. The molecule has 2 atom stereocenters. The van der Waals surface area contributed by atoms with E-state index in [9.17, 15) is 4.79 Å². The number of methoxy groups -OCH3 is 1. The second-order valence-electron chi connectivity index (χ2n) is 5.27. The Morgan fingerprint density at radius 1 is 1.00 bits per heavy atom. The molecule has 3 rings (SSSR count). The van der Waals surface area contributed by atoms with Crippen LogP contribution in [0.1, 0.15) is 0 Å². The molecular weight excluding hydrogens is 294 g/mol. The van der Waals surface area contributed by atoms with Crippen LogP contribution in [0.4, 0.5) is 10.5 Å². The van der Waals surface area contributed by atoms with Crippen LogP contribution in [-0.2, 0) is 9.47 Å². The minimum absolute atomic E-state index is 0.245. The highest BCUT2D eigenvalue weighted by Gasteiger charge is 2.43. The molecule has 1 amide bonds. The molecular formula is C18H19NO4. The summed E-state index contributed by atoms with van der Waals surface area (Å²) in [7, 11) is 1.59. The maximum Gasteiger partial charge on any atom is 0.415 e. The summed E-state index contributed by atoms with van der Waals surface area (Å²) in [5, 5.41) is 0. The second kappa shape index (κ2) is 7.15. The van der Waals surface area contributed by atoms with Crippen LogP contribution in [0.25, 0.3) is 0 Å². The van der Waals surface area contributed by atoms with Gasteiger partial charge in [0.2, 0.25) is 0 Å². The number of ether oxygens (including phenoxy) is 3. The lowest BCUT2D eigenvalue weighted by molar-refractivity contribution is 0.0519. The molecule has 0 radical (unpaired) electrons. The first-order valence-corrected chi connectivity index (χ1v) is 7.51. The highest BCUT2D eigenvalue weighted by Crippen LogP contribution is 2.27.